The quantitative estimate of drug-likeness (QED) is 0.320. The second-order valence-electron chi connectivity index (χ2n) is 12.7. The van der Waals surface area contributed by atoms with E-state index in [0.29, 0.717) is 10.3 Å². The first-order valence-corrected chi connectivity index (χ1v) is 16.5. The molecule has 0 amide bonds. The molecular formula is C28H56P2. The van der Waals surface area contributed by atoms with Gasteiger partial charge in [-0.1, -0.05) is 123 Å². The lowest BCUT2D eigenvalue weighted by Gasteiger charge is -2.51. The van der Waals surface area contributed by atoms with Crippen LogP contribution >= 0.6 is 15.8 Å². The maximum atomic E-state index is 2.71. The van der Waals surface area contributed by atoms with Crippen LogP contribution in [-0.2, 0) is 0 Å². The van der Waals surface area contributed by atoms with E-state index in [1.54, 1.807) is 25.7 Å². The average molecular weight is 455 g/mol. The lowest BCUT2D eigenvalue weighted by atomic mass is 9.99. The summed E-state index contributed by atoms with van der Waals surface area (Å²) in [7, 11) is 0.140. The molecule has 0 aromatic carbocycles. The fraction of sp³-hybridized carbons (Fsp3) is 1.00. The Morgan fingerprint density at radius 3 is 1.43 bits per heavy atom. The molecule has 0 radical (unpaired) electrons. The second-order valence-corrected chi connectivity index (χ2v) is 20.0. The summed E-state index contributed by atoms with van der Waals surface area (Å²) in [5, 5.41) is 0.882. The summed E-state index contributed by atoms with van der Waals surface area (Å²) in [6.07, 6.45) is 18.3. The molecule has 0 bridgehead atoms. The van der Waals surface area contributed by atoms with Crippen LogP contribution in [-0.4, -0.2) is 32.9 Å². The Labute approximate surface area is 194 Å². The topological polar surface area (TPSA) is 0 Å². The molecule has 178 valence electrons. The van der Waals surface area contributed by atoms with Gasteiger partial charge in [0.2, 0.25) is 0 Å². The van der Waals surface area contributed by atoms with Gasteiger partial charge in [-0.05, 0) is 71.0 Å². The summed E-state index contributed by atoms with van der Waals surface area (Å²) < 4.78 is 0. The highest BCUT2D eigenvalue weighted by atomic mass is 31.1. The minimum Gasteiger partial charge on any atom is -0.0969 e. The Morgan fingerprint density at radius 1 is 0.700 bits per heavy atom. The van der Waals surface area contributed by atoms with Gasteiger partial charge in [-0.25, -0.2) is 0 Å². The van der Waals surface area contributed by atoms with Gasteiger partial charge in [0.05, 0.1) is 0 Å². The Bertz CT molecular complexity index is 442. The minimum atomic E-state index is -0.0358. The average Bonchev–Trinajstić information content (AvgIpc) is 2.66. The van der Waals surface area contributed by atoms with Crippen molar-refractivity contribution >= 4 is 15.8 Å². The first kappa shape index (κ1) is 27.1. The van der Waals surface area contributed by atoms with Crippen molar-refractivity contribution in [2.75, 3.05) is 0 Å². The molecule has 0 aromatic heterocycles. The van der Waals surface area contributed by atoms with Crippen molar-refractivity contribution in [3.8, 4) is 0 Å². The van der Waals surface area contributed by atoms with E-state index in [0.717, 1.165) is 28.6 Å². The third-order valence-electron chi connectivity index (χ3n) is 8.18. The molecular weight excluding hydrogens is 398 g/mol. The van der Waals surface area contributed by atoms with Crippen molar-refractivity contribution in [2.24, 2.45) is 5.92 Å². The Kier molecular flexibility index (Phi) is 10.7. The molecule has 2 fully saturated rings. The van der Waals surface area contributed by atoms with Crippen LogP contribution in [0, 0.1) is 5.92 Å². The highest BCUT2D eigenvalue weighted by Crippen LogP contribution is 2.68. The van der Waals surface area contributed by atoms with Crippen LogP contribution in [0.3, 0.4) is 0 Å². The van der Waals surface area contributed by atoms with E-state index in [1.807, 2.05) is 0 Å². The van der Waals surface area contributed by atoms with Crippen molar-refractivity contribution in [2.45, 2.75) is 172 Å². The first-order chi connectivity index (χ1) is 14.0. The van der Waals surface area contributed by atoms with Crippen molar-refractivity contribution in [1.29, 1.82) is 0 Å². The molecule has 0 aliphatic heterocycles. The Balaban J connectivity index is 2.35. The van der Waals surface area contributed by atoms with Crippen LogP contribution in [0.25, 0.3) is 0 Å². The van der Waals surface area contributed by atoms with Gasteiger partial charge in [0, 0.05) is 0 Å². The van der Waals surface area contributed by atoms with Crippen LogP contribution in [0.1, 0.15) is 139 Å². The highest BCUT2D eigenvalue weighted by molar-refractivity contribution is 7.62. The fourth-order valence-electron chi connectivity index (χ4n) is 7.36. The molecule has 0 aromatic rings. The molecule has 2 aliphatic carbocycles. The zero-order valence-electron chi connectivity index (χ0n) is 22.3. The SMILES string of the molecule is CCCC(C(C)C(C)P(C(C)(C)C)C(C)(C)C)P(C1CCCCC1)C1CCCCC1. The summed E-state index contributed by atoms with van der Waals surface area (Å²) in [5.41, 5.74) is 4.08. The van der Waals surface area contributed by atoms with Gasteiger partial charge in [-0.3, -0.25) is 0 Å². The summed E-state index contributed by atoms with van der Waals surface area (Å²) in [4.78, 5) is 0. The van der Waals surface area contributed by atoms with Crippen molar-refractivity contribution < 1.29 is 0 Å². The number of hydrogen-bond donors (Lipinski definition) is 0. The molecule has 3 unspecified atom stereocenters. The van der Waals surface area contributed by atoms with E-state index in [9.17, 15) is 0 Å². The summed E-state index contributed by atoms with van der Waals surface area (Å²) >= 11 is 0. The lowest BCUT2D eigenvalue weighted by Crippen LogP contribution is -2.38. The molecule has 30 heavy (non-hydrogen) atoms. The first-order valence-electron chi connectivity index (χ1n) is 13.5. The molecule has 0 N–H and O–H groups in total. The maximum Gasteiger partial charge on any atom is -0.0172 e. The summed E-state index contributed by atoms with van der Waals surface area (Å²) in [5.74, 6) is 0.893. The van der Waals surface area contributed by atoms with Crippen molar-refractivity contribution in [1.82, 2.24) is 0 Å². The van der Waals surface area contributed by atoms with E-state index in [2.05, 4.69) is 62.3 Å². The molecule has 0 spiro atoms. The van der Waals surface area contributed by atoms with E-state index in [1.165, 1.54) is 51.4 Å². The van der Waals surface area contributed by atoms with Gasteiger partial charge in [-0.2, -0.15) is 0 Å². The van der Waals surface area contributed by atoms with Gasteiger partial charge in [0.15, 0.2) is 0 Å². The van der Waals surface area contributed by atoms with Crippen molar-refractivity contribution in [3.63, 3.8) is 0 Å². The summed E-state index contributed by atoms with van der Waals surface area (Å²) in [6.45, 7) is 23.1. The highest BCUT2D eigenvalue weighted by Gasteiger charge is 2.45. The van der Waals surface area contributed by atoms with Gasteiger partial charge < -0.3 is 0 Å². The maximum absolute atomic E-state index is 2.71. The van der Waals surface area contributed by atoms with Crippen LogP contribution in [0.2, 0.25) is 0 Å². The summed E-state index contributed by atoms with van der Waals surface area (Å²) in [6, 6.07) is 0. The lowest BCUT2D eigenvalue weighted by molar-refractivity contribution is 0.451. The van der Waals surface area contributed by atoms with E-state index in [-0.39, 0.29) is 15.8 Å². The fourth-order valence-corrected chi connectivity index (χ4v) is 17.6. The number of rotatable bonds is 8. The standard InChI is InChI=1S/C28H56P2/c1-10-17-26(22(2)23(3)30(27(4,5)6)28(7,8)9)29(24-18-13-11-14-19-24)25-20-15-12-16-21-25/h22-26H,10-21H2,1-9H3. The van der Waals surface area contributed by atoms with Gasteiger partial charge >= 0.3 is 0 Å². The van der Waals surface area contributed by atoms with Crippen molar-refractivity contribution in [3.05, 3.63) is 0 Å². The second kappa shape index (κ2) is 11.8. The third-order valence-corrected chi connectivity index (χ3v) is 16.6. The molecule has 2 aliphatic rings. The van der Waals surface area contributed by atoms with Gasteiger partial charge in [0.25, 0.3) is 0 Å². The van der Waals surface area contributed by atoms with E-state index >= 15 is 0 Å². The zero-order valence-corrected chi connectivity index (χ0v) is 24.1. The normalized spacial score (nSPS) is 23.7. The molecule has 3 atom stereocenters. The molecule has 0 nitrogen and oxygen atoms in total. The minimum absolute atomic E-state index is 0.0358. The number of hydrogen-bond acceptors (Lipinski definition) is 0. The molecule has 0 heterocycles. The van der Waals surface area contributed by atoms with Gasteiger partial charge in [-0.15, -0.1) is 0 Å². The molecule has 2 rings (SSSR count). The van der Waals surface area contributed by atoms with Crippen LogP contribution in [0.5, 0.6) is 0 Å². The smallest absolute Gasteiger partial charge is 0.0172 e. The molecule has 2 saturated carbocycles. The van der Waals surface area contributed by atoms with Gasteiger partial charge in [0.1, 0.15) is 0 Å². The zero-order chi connectivity index (χ0) is 22.5. The predicted octanol–water partition coefficient (Wildman–Crippen LogP) is 10.4. The predicted molar refractivity (Wildman–Crippen MR) is 144 cm³/mol. The third kappa shape index (κ3) is 7.18. The van der Waals surface area contributed by atoms with Crippen LogP contribution in [0.15, 0.2) is 0 Å². The Morgan fingerprint density at radius 2 is 1.10 bits per heavy atom. The molecule has 2 heteroatoms. The van der Waals surface area contributed by atoms with Crippen LogP contribution < -0.4 is 0 Å². The largest absolute Gasteiger partial charge is 0.0969 e. The Hall–Kier alpha value is 0.860. The van der Waals surface area contributed by atoms with E-state index < -0.39 is 0 Å². The molecule has 0 saturated heterocycles. The van der Waals surface area contributed by atoms with E-state index in [4.69, 9.17) is 0 Å². The monoisotopic (exact) mass is 454 g/mol. The van der Waals surface area contributed by atoms with Crippen LogP contribution in [0.4, 0.5) is 0 Å².